The van der Waals surface area contributed by atoms with Crippen molar-refractivity contribution in [2.75, 3.05) is 13.1 Å². The molecule has 8 nitrogen and oxygen atoms in total. The largest absolute Gasteiger partial charge is 0.347 e. The van der Waals surface area contributed by atoms with Crippen LogP contribution in [-0.4, -0.2) is 40.1 Å². The summed E-state index contributed by atoms with van der Waals surface area (Å²) in [7, 11) is 0. The van der Waals surface area contributed by atoms with Crippen molar-refractivity contribution in [3.05, 3.63) is 12.2 Å². The molecule has 0 aliphatic carbocycles. The highest BCUT2D eigenvalue weighted by Crippen LogP contribution is 1.84. The number of aromatic nitrogens is 3. The lowest BCUT2D eigenvalue weighted by Gasteiger charge is -2.02. The average Bonchev–Trinajstić information content (AvgIpc) is 2.78. The molecule has 1 rings (SSSR count). The highest BCUT2D eigenvalue weighted by Gasteiger charge is 2.11. The maximum Gasteiger partial charge on any atom is 0.310 e. The van der Waals surface area contributed by atoms with Crippen molar-refractivity contribution in [2.24, 2.45) is 0 Å². The number of rotatable bonds is 4. The number of carbonyl (C=O) groups is 2. The van der Waals surface area contributed by atoms with Gasteiger partial charge in [0.15, 0.2) is 0 Å². The summed E-state index contributed by atoms with van der Waals surface area (Å²) < 4.78 is 0. The highest BCUT2D eigenvalue weighted by atomic mass is 16.2. The Morgan fingerprint density at radius 1 is 1.44 bits per heavy atom. The molecule has 0 unspecified atom stereocenters. The second kappa shape index (κ2) is 6.13. The van der Waals surface area contributed by atoms with Crippen LogP contribution in [0.2, 0.25) is 0 Å². The fourth-order valence-electron chi connectivity index (χ4n) is 0.926. The van der Waals surface area contributed by atoms with Gasteiger partial charge in [-0.3, -0.25) is 14.7 Å². The topological polar surface area (TPSA) is 124 Å². The van der Waals surface area contributed by atoms with E-state index >= 15 is 0 Å². The molecule has 0 fully saturated rings. The molecule has 2 amide bonds. The maximum absolute atomic E-state index is 11.1. The van der Waals surface area contributed by atoms with Crippen molar-refractivity contribution < 1.29 is 9.59 Å². The molecule has 1 aromatic heterocycles. The van der Waals surface area contributed by atoms with Crippen molar-refractivity contribution in [3.63, 3.8) is 0 Å². The van der Waals surface area contributed by atoms with Gasteiger partial charge in [0.2, 0.25) is 0 Å². The SMILES string of the molecule is N#CCNC(=O)C(=O)NCCc1ncn[nH]1. The third-order valence-electron chi connectivity index (χ3n) is 1.65. The third kappa shape index (κ3) is 3.75. The predicted octanol–water partition coefficient (Wildman–Crippen LogP) is -1.90. The minimum absolute atomic E-state index is 0.186. The summed E-state index contributed by atoms with van der Waals surface area (Å²) in [6.45, 7) is 0.0857. The zero-order valence-electron chi connectivity index (χ0n) is 8.36. The molecule has 16 heavy (non-hydrogen) atoms. The van der Waals surface area contributed by atoms with Crippen LogP contribution < -0.4 is 10.6 Å². The first-order chi connectivity index (χ1) is 7.74. The van der Waals surface area contributed by atoms with Gasteiger partial charge in [-0.05, 0) is 0 Å². The Morgan fingerprint density at radius 2 is 2.19 bits per heavy atom. The first kappa shape index (κ1) is 11.6. The number of nitrogens with zero attached hydrogens (tertiary/aromatic N) is 3. The first-order valence-corrected chi connectivity index (χ1v) is 4.51. The number of amides is 2. The predicted molar refractivity (Wildman–Crippen MR) is 51.7 cm³/mol. The van der Waals surface area contributed by atoms with Crippen LogP contribution >= 0.6 is 0 Å². The minimum Gasteiger partial charge on any atom is -0.347 e. The van der Waals surface area contributed by atoms with Crippen LogP contribution in [-0.2, 0) is 16.0 Å². The third-order valence-corrected chi connectivity index (χ3v) is 1.65. The Bertz CT molecular complexity index is 393. The van der Waals surface area contributed by atoms with Crippen molar-refractivity contribution >= 4 is 11.8 Å². The Hall–Kier alpha value is -2.43. The van der Waals surface area contributed by atoms with Crippen LogP contribution in [0.4, 0.5) is 0 Å². The molecular formula is C8H10N6O2. The van der Waals surface area contributed by atoms with E-state index < -0.39 is 11.8 Å². The molecule has 0 aliphatic heterocycles. The number of nitriles is 1. The Morgan fingerprint density at radius 3 is 2.81 bits per heavy atom. The zero-order valence-corrected chi connectivity index (χ0v) is 8.36. The molecule has 1 aromatic rings. The van der Waals surface area contributed by atoms with Gasteiger partial charge in [0, 0.05) is 13.0 Å². The van der Waals surface area contributed by atoms with Crippen molar-refractivity contribution in [2.45, 2.75) is 6.42 Å². The lowest BCUT2D eigenvalue weighted by Crippen LogP contribution is -2.40. The second-order valence-corrected chi connectivity index (χ2v) is 2.78. The standard InChI is InChI=1S/C8H10N6O2/c9-2-4-11-8(16)7(15)10-3-1-6-12-5-13-14-6/h5H,1,3-4H2,(H,10,15)(H,11,16)(H,12,13,14). The summed E-state index contributed by atoms with van der Waals surface area (Å²) in [6.07, 6.45) is 1.81. The van der Waals surface area contributed by atoms with Crippen LogP contribution in [0.1, 0.15) is 5.82 Å². The molecule has 0 aliphatic rings. The van der Waals surface area contributed by atoms with Gasteiger partial charge in [0.25, 0.3) is 0 Å². The van der Waals surface area contributed by atoms with Crippen LogP contribution in [0.15, 0.2) is 6.33 Å². The molecule has 0 bridgehead atoms. The molecule has 0 aromatic carbocycles. The van der Waals surface area contributed by atoms with Crippen LogP contribution in [0.5, 0.6) is 0 Å². The highest BCUT2D eigenvalue weighted by molar-refractivity contribution is 6.35. The number of hydrogen-bond donors (Lipinski definition) is 3. The normalized spacial score (nSPS) is 9.19. The van der Waals surface area contributed by atoms with E-state index in [1.54, 1.807) is 6.07 Å². The molecular weight excluding hydrogens is 212 g/mol. The number of H-pyrrole nitrogens is 1. The Labute approximate surface area is 91.1 Å². The van der Waals surface area contributed by atoms with Crippen molar-refractivity contribution in [1.29, 1.82) is 5.26 Å². The lowest BCUT2D eigenvalue weighted by atomic mass is 10.4. The van der Waals surface area contributed by atoms with Gasteiger partial charge >= 0.3 is 11.8 Å². The van der Waals surface area contributed by atoms with Crippen molar-refractivity contribution in [1.82, 2.24) is 25.8 Å². The maximum atomic E-state index is 11.1. The quantitative estimate of drug-likeness (QED) is 0.405. The van der Waals surface area contributed by atoms with E-state index in [-0.39, 0.29) is 13.1 Å². The Kier molecular flexibility index (Phi) is 4.46. The summed E-state index contributed by atoms with van der Waals surface area (Å²) in [5.74, 6) is -0.966. The summed E-state index contributed by atoms with van der Waals surface area (Å²) in [5, 5.41) is 18.9. The monoisotopic (exact) mass is 222 g/mol. The van der Waals surface area contributed by atoms with Crippen LogP contribution in [0.3, 0.4) is 0 Å². The van der Waals surface area contributed by atoms with Gasteiger partial charge in [0.05, 0.1) is 6.07 Å². The van der Waals surface area contributed by atoms with Crippen LogP contribution in [0, 0.1) is 11.3 Å². The molecule has 84 valence electrons. The van der Waals surface area contributed by atoms with E-state index in [0.29, 0.717) is 12.2 Å². The summed E-state index contributed by atoms with van der Waals surface area (Å²) in [4.78, 5) is 25.9. The van der Waals surface area contributed by atoms with E-state index in [0.717, 1.165) is 0 Å². The van der Waals surface area contributed by atoms with Crippen LogP contribution in [0.25, 0.3) is 0 Å². The minimum atomic E-state index is -0.820. The Balaban J connectivity index is 2.20. The summed E-state index contributed by atoms with van der Waals surface area (Å²) in [6, 6.07) is 1.70. The average molecular weight is 222 g/mol. The number of nitrogens with one attached hydrogen (secondary N) is 3. The first-order valence-electron chi connectivity index (χ1n) is 4.51. The lowest BCUT2D eigenvalue weighted by molar-refractivity contribution is -0.139. The zero-order chi connectivity index (χ0) is 11.8. The van der Waals surface area contributed by atoms with E-state index in [9.17, 15) is 9.59 Å². The van der Waals surface area contributed by atoms with E-state index in [1.165, 1.54) is 6.33 Å². The van der Waals surface area contributed by atoms with Gasteiger partial charge in [0.1, 0.15) is 18.7 Å². The molecule has 0 spiro atoms. The number of carbonyl (C=O) groups excluding carboxylic acids is 2. The van der Waals surface area contributed by atoms with Crippen molar-refractivity contribution in [3.8, 4) is 6.07 Å². The van der Waals surface area contributed by atoms with Gasteiger partial charge in [-0.15, -0.1) is 0 Å². The molecule has 8 heteroatoms. The second-order valence-electron chi connectivity index (χ2n) is 2.78. The molecule has 1 heterocycles. The van der Waals surface area contributed by atoms with E-state index in [2.05, 4.69) is 25.8 Å². The van der Waals surface area contributed by atoms with E-state index in [1.807, 2.05) is 0 Å². The van der Waals surface area contributed by atoms with Gasteiger partial charge in [-0.2, -0.15) is 10.4 Å². The fraction of sp³-hybridized carbons (Fsp3) is 0.375. The van der Waals surface area contributed by atoms with E-state index in [4.69, 9.17) is 5.26 Å². The summed E-state index contributed by atoms with van der Waals surface area (Å²) >= 11 is 0. The smallest absolute Gasteiger partial charge is 0.310 e. The molecule has 0 saturated heterocycles. The summed E-state index contributed by atoms with van der Waals surface area (Å²) in [5.41, 5.74) is 0. The number of hydrogen-bond acceptors (Lipinski definition) is 5. The fourth-order valence-corrected chi connectivity index (χ4v) is 0.926. The van der Waals surface area contributed by atoms with Gasteiger partial charge < -0.3 is 10.6 Å². The molecule has 0 atom stereocenters. The molecule has 3 N–H and O–H groups in total. The van der Waals surface area contributed by atoms with Gasteiger partial charge in [-0.25, -0.2) is 4.98 Å². The van der Waals surface area contributed by atoms with Gasteiger partial charge in [-0.1, -0.05) is 0 Å². The molecule has 0 saturated carbocycles. The number of aromatic amines is 1. The molecule has 0 radical (unpaired) electrons.